The van der Waals surface area contributed by atoms with E-state index in [1.165, 1.54) is 12.3 Å². The van der Waals surface area contributed by atoms with Gasteiger partial charge in [-0.05, 0) is 18.2 Å². The van der Waals surface area contributed by atoms with E-state index in [1.54, 1.807) is 18.2 Å². The van der Waals surface area contributed by atoms with Gasteiger partial charge in [-0.25, -0.2) is 8.78 Å². The van der Waals surface area contributed by atoms with Crippen molar-refractivity contribution in [1.29, 1.82) is 0 Å². The Hall–Kier alpha value is -1.65. The maximum absolute atomic E-state index is 13.3. The van der Waals surface area contributed by atoms with Crippen LogP contribution in [-0.4, -0.2) is 6.21 Å². The van der Waals surface area contributed by atoms with Crippen molar-refractivity contribution in [3.05, 3.63) is 63.6 Å². The summed E-state index contributed by atoms with van der Waals surface area (Å²) in [7, 11) is 0. The fourth-order valence-corrected chi connectivity index (χ4v) is 1.73. The monoisotopic (exact) mass is 300 g/mol. The fourth-order valence-electron chi connectivity index (χ4n) is 1.37. The topological polar surface area (TPSA) is 24.4 Å². The predicted octanol–water partition coefficient (Wildman–Crippen LogP) is 4.72. The van der Waals surface area contributed by atoms with E-state index in [-0.39, 0.29) is 5.69 Å². The molecule has 6 heteroatoms. The molecule has 2 aromatic rings. The van der Waals surface area contributed by atoms with Gasteiger partial charge in [0.2, 0.25) is 0 Å². The van der Waals surface area contributed by atoms with Crippen molar-refractivity contribution in [2.75, 3.05) is 5.43 Å². The van der Waals surface area contributed by atoms with Crippen LogP contribution in [0.3, 0.4) is 0 Å². The first-order valence-corrected chi connectivity index (χ1v) is 6.01. The van der Waals surface area contributed by atoms with Crippen molar-refractivity contribution in [1.82, 2.24) is 0 Å². The van der Waals surface area contributed by atoms with Gasteiger partial charge in [0.25, 0.3) is 0 Å². The van der Waals surface area contributed by atoms with Crippen molar-refractivity contribution in [2.24, 2.45) is 5.10 Å². The lowest BCUT2D eigenvalue weighted by Crippen LogP contribution is -1.95. The van der Waals surface area contributed by atoms with Crippen molar-refractivity contribution in [3.8, 4) is 0 Å². The van der Waals surface area contributed by atoms with Gasteiger partial charge in [0.1, 0.15) is 5.82 Å². The molecule has 98 valence electrons. The van der Waals surface area contributed by atoms with Crippen molar-refractivity contribution >= 4 is 35.1 Å². The molecule has 0 atom stereocenters. The van der Waals surface area contributed by atoms with E-state index < -0.39 is 11.6 Å². The van der Waals surface area contributed by atoms with Gasteiger partial charge >= 0.3 is 0 Å². The lowest BCUT2D eigenvalue weighted by atomic mass is 10.2. The van der Waals surface area contributed by atoms with E-state index in [2.05, 4.69) is 10.5 Å². The summed E-state index contributed by atoms with van der Waals surface area (Å²) in [5.74, 6) is -1.38. The molecule has 0 aromatic heterocycles. The van der Waals surface area contributed by atoms with Gasteiger partial charge in [0.15, 0.2) is 5.82 Å². The SMILES string of the molecule is Fc1ccc(NN=Cc2cccc(Cl)c2Cl)c(F)c1. The predicted molar refractivity (Wildman–Crippen MR) is 74.0 cm³/mol. The van der Waals surface area contributed by atoms with Crippen LogP contribution >= 0.6 is 23.2 Å². The third-order valence-electron chi connectivity index (χ3n) is 2.30. The van der Waals surface area contributed by atoms with Crippen LogP contribution in [0.1, 0.15) is 5.56 Å². The average Bonchev–Trinajstić information content (AvgIpc) is 2.37. The first-order chi connectivity index (χ1) is 9.08. The number of hydrogen-bond acceptors (Lipinski definition) is 2. The van der Waals surface area contributed by atoms with Gasteiger partial charge in [0, 0.05) is 11.6 Å². The Bertz CT molecular complexity index is 630. The van der Waals surface area contributed by atoms with Crippen molar-refractivity contribution < 1.29 is 8.78 Å². The minimum absolute atomic E-state index is 0.0656. The zero-order chi connectivity index (χ0) is 13.8. The first-order valence-electron chi connectivity index (χ1n) is 5.26. The van der Waals surface area contributed by atoms with Gasteiger partial charge in [0.05, 0.1) is 21.9 Å². The summed E-state index contributed by atoms with van der Waals surface area (Å²) in [5.41, 5.74) is 3.11. The Labute approximate surface area is 118 Å². The number of nitrogens with zero attached hydrogens (tertiary/aromatic N) is 1. The minimum atomic E-state index is -0.727. The molecule has 1 N–H and O–H groups in total. The molecule has 0 aliphatic heterocycles. The lowest BCUT2D eigenvalue weighted by Gasteiger charge is -2.02. The van der Waals surface area contributed by atoms with Crippen LogP contribution in [0.2, 0.25) is 10.0 Å². The summed E-state index contributed by atoms with van der Waals surface area (Å²) in [5, 5.41) is 4.58. The van der Waals surface area contributed by atoms with Crippen molar-refractivity contribution in [3.63, 3.8) is 0 Å². The van der Waals surface area contributed by atoms with E-state index >= 15 is 0 Å². The maximum Gasteiger partial charge on any atom is 0.151 e. The highest BCUT2D eigenvalue weighted by molar-refractivity contribution is 6.43. The molecule has 0 radical (unpaired) electrons. The molecule has 0 amide bonds. The van der Waals surface area contributed by atoms with Crippen LogP contribution < -0.4 is 5.43 Å². The number of rotatable bonds is 3. The zero-order valence-corrected chi connectivity index (χ0v) is 11.0. The standard InChI is InChI=1S/C13H8Cl2F2N2/c14-10-3-1-2-8(13(10)15)7-18-19-12-5-4-9(16)6-11(12)17/h1-7,19H. The average molecular weight is 301 g/mol. The van der Waals surface area contributed by atoms with Gasteiger partial charge < -0.3 is 0 Å². The Balaban J connectivity index is 2.14. The van der Waals surface area contributed by atoms with E-state index in [4.69, 9.17) is 23.2 Å². The molecule has 0 saturated carbocycles. The van der Waals surface area contributed by atoms with Crippen LogP contribution in [0.4, 0.5) is 14.5 Å². The zero-order valence-electron chi connectivity index (χ0n) is 9.50. The van der Waals surface area contributed by atoms with Gasteiger partial charge in [-0.2, -0.15) is 5.10 Å². The molecule has 0 aliphatic carbocycles. The lowest BCUT2D eigenvalue weighted by molar-refractivity contribution is 0.585. The highest BCUT2D eigenvalue weighted by Gasteiger charge is 2.03. The number of anilines is 1. The van der Waals surface area contributed by atoms with Gasteiger partial charge in [-0.3, -0.25) is 5.43 Å². The number of hydrazone groups is 1. The van der Waals surface area contributed by atoms with E-state index in [0.29, 0.717) is 15.6 Å². The van der Waals surface area contributed by atoms with Crippen molar-refractivity contribution in [2.45, 2.75) is 0 Å². The van der Waals surface area contributed by atoms with Crippen LogP contribution in [-0.2, 0) is 0 Å². The molecule has 2 nitrogen and oxygen atoms in total. The highest BCUT2D eigenvalue weighted by Crippen LogP contribution is 2.24. The Morgan fingerprint density at radius 3 is 2.63 bits per heavy atom. The van der Waals surface area contributed by atoms with Gasteiger partial charge in [-0.1, -0.05) is 35.3 Å². The number of nitrogens with one attached hydrogen (secondary N) is 1. The fraction of sp³-hybridized carbons (Fsp3) is 0. The molecule has 0 saturated heterocycles. The summed E-state index contributed by atoms with van der Waals surface area (Å²) in [6, 6.07) is 8.22. The first kappa shape index (κ1) is 13.8. The third-order valence-corrected chi connectivity index (χ3v) is 3.13. The van der Waals surface area contributed by atoms with Crippen LogP contribution in [0.5, 0.6) is 0 Å². The second-order valence-electron chi connectivity index (χ2n) is 3.64. The van der Waals surface area contributed by atoms with Gasteiger partial charge in [-0.15, -0.1) is 0 Å². The molecule has 0 bridgehead atoms. The van der Waals surface area contributed by atoms with Crippen LogP contribution in [0, 0.1) is 11.6 Å². The molecular formula is C13H8Cl2F2N2. The number of halogens is 4. The Morgan fingerprint density at radius 2 is 1.89 bits per heavy atom. The third kappa shape index (κ3) is 3.43. The molecule has 0 aliphatic rings. The smallest absolute Gasteiger partial charge is 0.151 e. The van der Waals surface area contributed by atoms with E-state index in [9.17, 15) is 8.78 Å². The highest BCUT2D eigenvalue weighted by atomic mass is 35.5. The molecule has 2 rings (SSSR count). The minimum Gasteiger partial charge on any atom is -0.276 e. The maximum atomic E-state index is 13.3. The number of hydrogen-bond donors (Lipinski definition) is 1. The molecule has 0 fully saturated rings. The molecule has 2 aromatic carbocycles. The summed E-state index contributed by atoms with van der Waals surface area (Å²) < 4.78 is 26.0. The molecule has 0 spiro atoms. The normalized spacial score (nSPS) is 10.9. The summed E-state index contributed by atoms with van der Waals surface area (Å²) in [4.78, 5) is 0. The molecular weight excluding hydrogens is 293 g/mol. The second-order valence-corrected chi connectivity index (χ2v) is 4.42. The second kappa shape index (κ2) is 5.99. The largest absolute Gasteiger partial charge is 0.276 e. The summed E-state index contributed by atoms with van der Waals surface area (Å²) >= 11 is 11.8. The Morgan fingerprint density at radius 1 is 1.11 bits per heavy atom. The Kier molecular flexibility index (Phi) is 4.35. The van der Waals surface area contributed by atoms with E-state index in [0.717, 1.165) is 12.1 Å². The van der Waals surface area contributed by atoms with E-state index in [1.807, 2.05) is 0 Å². The molecule has 0 heterocycles. The quantitative estimate of drug-likeness (QED) is 0.644. The molecule has 19 heavy (non-hydrogen) atoms. The summed E-state index contributed by atoms with van der Waals surface area (Å²) in [6.45, 7) is 0. The molecule has 0 unspecified atom stereocenters. The summed E-state index contributed by atoms with van der Waals surface area (Å²) in [6.07, 6.45) is 1.40. The van der Waals surface area contributed by atoms with Crippen LogP contribution in [0.25, 0.3) is 0 Å². The number of benzene rings is 2. The van der Waals surface area contributed by atoms with Crippen LogP contribution in [0.15, 0.2) is 41.5 Å².